The van der Waals surface area contributed by atoms with Gasteiger partial charge in [0.1, 0.15) is 11.6 Å². The molecule has 1 aliphatic heterocycles. The second-order valence-electron chi connectivity index (χ2n) is 11.8. The molecule has 1 N–H and O–H groups in total. The zero-order chi connectivity index (χ0) is 24.9. The van der Waals surface area contributed by atoms with Crippen LogP contribution in [0.1, 0.15) is 94.0 Å². The first-order valence-corrected chi connectivity index (χ1v) is 13.5. The summed E-state index contributed by atoms with van der Waals surface area (Å²) in [6.45, 7) is 14.7. The lowest BCUT2D eigenvalue weighted by atomic mass is 9.78. The Kier molecular flexibility index (Phi) is 6.60. The summed E-state index contributed by atoms with van der Waals surface area (Å²) in [6, 6.07) is 7.11. The van der Waals surface area contributed by atoms with E-state index in [1.807, 2.05) is 6.07 Å². The second kappa shape index (κ2) is 9.53. The second-order valence-corrected chi connectivity index (χ2v) is 11.8. The minimum atomic E-state index is -0.134. The van der Waals surface area contributed by atoms with E-state index in [1.165, 1.54) is 18.4 Å². The van der Waals surface area contributed by atoms with Crippen molar-refractivity contribution in [3.63, 3.8) is 0 Å². The maximum absolute atomic E-state index is 13.7. The van der Waals surface area contributed by atoms with Crippen LogP contribution in [-0.2, 0) is 4.79 Å². The lowest BCUT2D eigenvalue weighted by Gasteiger charge is -2.30. The van der Waals surface area contributed by atoms with Crippen molar-refractivity contribution >= 4 is 11.6 Å². The van der Waals surface area contributed by atoms with Gasteiger partial charge in [0.2, 0.25) is 5.91 Å². The highest BCUT2D eigenvalue weighted by molar-refractivity contribution is 5.94. The third kappa shape index (κ3) is 4.95. The molecule has 5 rings (SSSR count). The quantitative estimate of drug-likeness (QED) is 0.518. The van der Waals surface area contributed by atoms with E-state index in [4.69, 9.17) is 10.2 Å². The normalized spacial score (nSPS) is 24.8. The molecule has 6 heteroatoms. The molecule has 188 valence electrons. The van der Waals surface area contributed by atoms with E-state index >= 15 is 0 Å². The number of hydrogen-bond acceptors (Lipinski definition) is 4. The molecule has 3 fully saturated rings. The highest BCUT2D eigenvalue weighted by atomic mass is 16.2. The van der Waals surface area contributed by atoms with Crippen LogP contribution in [0.25, 0.3) is 0 Å². The maximum atomic E-state index is 13.7. The first-order chi connectivity index (χ1) is 16.7. The van der Waals surface area contributed by atoms with Crippen LogP contribution in [0.3, 0.4) is 0 Å². The van der Waals surface area contributed by atoms with Crippen LogP contribution in [0.2, 0.25) is 0 Å². The Morgan fingerprint density at radius 1 is 1.06 bits per heavy atom. The van der Waals surface area contributed by atoms with E-state index < -0.39 is 0 Å². The first kappa shape index (κ1) is 24.2. The van der Waals surface area contributed by atoms with Crippen molar-refractivity contribution in [1.29, 1.82) is 0 Å². The monoisotopic (exact) mass is 475 g/mol. The molecule has 0 unspecified atom stereocenters. The van der Waals surface area contributed by atoms with Gasteiger partial charge in [-0.05, 0) is 70.9 Å². The van der Waals surface area contributed by atoms with E-state index in [2.05, 4.69) is 74.5 Å². The number of carbonyl (C=O) groups excluding carboxylic acids is 1. The summed E-state index contributed by atoms with van der Waals surface area (Å²) < 4.78 is 2.45. The highest BCUT2D eigenvalue weighted by Gasteiger charge is 2.45. The minimum absolute atomic E-state index is 0.0655. The number of hydrogen-bond donors (Lipinski definition) is 1. The minimum Gasteiger partial charge on any atom is -0.326 e. The van der Waals surface area contributed by atoms with Crippen molar-refractivity contribution < 1.29 is 4.79 Å². The van der Waals surface area contributed by atoms with Gasteiger partial charge in [0.05, 0.1) is 5.92 Å². The number of anilines is 1. The smallest absolute Gasteiger partial charge is 0.229 e. The molecule has 0 bridgehead atoms. The Balaban J connectivity index is 1.42. The van der Waals surface area contributed by atoms with Crippen molar-refractivity contribution in [2.75, 3.05) is 18.4 Å². The molecule has 2 heterocycles. The van der Waals surface area contributed by atoms with Gasteiger partial charge in [-0.3, -0.25) is 9.69 Å². The summed E-state index contributed by atoms with van der Waals surface area (Å²) in [7, 11) is 0. The summed E-state index contributed by atoms with van der Waals surface area (Å²) in [5.41, 5.74) is 4.77. The number of benzene rings is 1. The van der Waals surface area contributed by atoms with Crippen molar-refractivity contribution in [3.05, 3.63) is 52.6 Å². The van der Waals surface area contributed by atoms with Gasteiger partial charge in [-0.2, -0.15) is 0 Å². The van der Waals surface area contributed by atoms with Gasteiger partial charge in [0.25, 0.3) is 0 Å². The Hall–Kier alpha value is -2.47. The van der Waals surface area contributed by atoms with Crippen molar-refractivity contribution in [2.45, 2.75) is 91.1 Å². The number of likely N-dealkylation sites (tertiary alicyclic amines) is 1. The molecule has 3 aliphatic rings. The van der Waals surface area contributed by atoms with Gasteiger partial charge >= 0.3 is 0 Å². The van der Waals surface area contributed by atoms with Crippen LogP contribution in [0, 0.1) is 25.7 Å². The number of nitrogens with zero attached hydrogens (tertiary/aromatic N) is 4. The number of carbonyl (C=O) groups is 1. The van der Waals surface area contributed by atoms with Crippen molar-refractivity contribution in [2.24, 2.45) is 11.8 Å². The number of nitrogens with one attached hydrogen (secondary N) is 1. The molecule has 2 aliphatic carbocycles. The van der Waals surface area contributed by atoms with Crippen LogP contribution < -0.4 is 5.32 Å². The molecule has 6 nitrogen and oxygen atoms in total. The molecule has 1 aromatic heterocycles. The van der Waals surface area contributed by atoms with Crippen LogP contribution in [-0.4, -0.2) is 44.7 Å². The van der Waals surface area contributed by atoms with Gasteiger partial charge in [0.15, 0.2) is 0 Å². The molecular weight excluding hydrogens is 434 g/mol. The average molecular weight is 476 g/mol. The van der Waals surface area contributed by atoms with E-state index in [0.29, 0.717) is 23.9 Å². The zero-order valence-electron chi connectivity index (χ0n) is 22.2. The van der Waals surface area contributed by atoms with E-state index in [1.54, 1.807) is 5.57 Å². The zero-order valence-corrected chi connectivity index (χ0v) is 22.2. The number of aromatic nitrogens is 3. The molecule has 2 aromatic rings. The third-order valence-electron chi connectivity index (χ3n) is 8.00. The highest BCUT2D eigenvalue weighted by Crippen LogP contribution is 2.47. The summed E-state index contributed by atoms with van der Waals surface area (Å²) in [4.78, 5) is 16.1. The fraction of sp³-hybridized carbons (Fsp3) is 0.621. The van der Waals surface area contributed by atoms with Crippen LogP contribution in [0.4, 0.5) is 5.69 Å². The standard InChI is InChI=1S/C29H41N5O/c1-17(2)11-21-13-22(14-21)27-31-32-28(34(27)23-8-9-23)24-15-33(18(3)4)16-25(24)29(35)30-26-10-7-19(5)12-20(26)6/h7,10-12,17-18,22-25H,8-9,13-16H2,1-6H3,(H,30,35)/t22?,24-,25-/m0/s1. The number of rotatable bonds is 7. The van der Waals surface area contributed by atoms with E-state index in [0.717, 1.165) is 48.8 Å². The molecule has 0 spiro atoms. The number of amides is 1. The molecule has 1 amide bonds. The molecule has 2 saturated carbocycles. The number of allylic oxidation sites excluding steroid dienone is 2. The van der Waals surface area contributed by atoms with Gasteiger partial charge in [-0.1, -0.05) is 43.2 Å². The van der Waals surface area contributed by atoms with Gasteiger partial charge < -0.3 is 9.88 Å². The van der Waals surface area contributed by atoms with Crippen LogP contribution >= 0.6 is 0 Å². The van der Waals surface area contributed by atoms with E-state index in [9.17, 15) is 4.79 Å². The molecule has 0 radical (unpaired) electrons. The summed E-state index contributed by atoms with van der Waals surface area (Å²) in [5.74, 6) is 3.28. The van der Waals surface area contributed by atoms with E-state index in [-0.39, 0.29) is 17.7 Å². The van der Waals surface area contributed by atoms with Crippen LogP contribution in [0.15, 0.2) is 29.8 Å². The summed E-state index contributed by atoms with van der Waals surface area (Å²) >= 11 is 0. The van der Waals surface area contributed by atoms with Crippen LogP contribution in [0.5, 0.6) is 0 Å². The fourth-order valence-electron chi connectivity index (χ4n) is 5.88. The lowest BCUT2D eigenvalue weighted by Crippen LogP contribution is -2.31. The Bertz CT molecular complexity index is 1120. The third-order valence-corrected chi connectivity index (χ3v) is 8.00. The fourth-order valence-corrected chi connectivity index (χ4v) is 5.88. The first-order valence-electron chi connectivity index (χ1n) is 13.5. The SMILES string of the molecule is Cc1ccc(NC(=O)[C@H]2CN(C(C)C)C[C@@H]2c2nnc(C3CC(=CC(C)C)C3)n2C2CC2)c(C)c1. The van der Waals surface area contributed by atoms with Crippen molar-refractivity contribution in [3.8, 4) is 0 Å². The van der Waals surface area contributed by atoms with Gasteiger partial charge in [0, 0.05) is 42.7 Å². The average Bonchev–Trinajstić information content (AvgIpc) is 3.35. The molecule has 1 saturated heterocycles. The summed E-state index contributed by atoms with van der Waals surface area (Å²) in [5, 5.41) is 12.8. The Labute approximate surface area is 210 Å². The van der Waals surface area contributed by atoms with Gasteiger partial charge in [-0.15, -0.1) is 10.2 Å². The summed E-state index contributed by atoms with van der Waals surface area (Å²) in [6.07, 6.45) is 6.99. The number of aryl methyl sites for hydroxylation is 2. The Morgan fingerprint density at radius 2 is 1.77 bits per heavy atom. The molecule has 35 heavy (non-hydrogen) atoms. The largest absolute Gasteiger partial charge is 0.326 e. The lowest BCUT2D eigenvalue weighted by molar-refractivity contribution is -0.120. The molecular formula is C29H41N5O. The maximum Gasteiger partial charge on any atom is 0.229 e. The van der Waals surface area contributed by atoms with Gasteiger partial charge in [-0.25, -0.2) is 0 Å². The molecule has 2 atom stereocenters. The topological polar surface area (TPSA) is 63.1 Å². The molecule has 1 aromatic carbocycles. The van der Waals surface area contributed by atoms with Crippen molar-refractivity contribution in [1.82, 2.24) is 19.7 Å². The predicted molar refractivity (Wildman–Crippen MR) is 141 cm³/mol. The predicted octanol–water partition coefficient (Wildman–Crippen LogP) is 5.75. The Morgan fingerprint density at radius 3 is 2.40 bits per heavy atom.